The van der Waals surface area contributed by atoms with Crippen molar-refractivity contribution in [2.45, 2.75) is 6.54 Å². The average Bonchev–Trinajstić information content (AvgIpc) is 2.32. The van der Waals surface area contributed by atoms with Crippen molar-refractivity contribution in [2.24, 2.45) is 0 Å². The molecule has 1 saturated heterocycles. The van der Waals surface area contributed by atoms with E-state index in [2.05, 4.69) is 60.9 Å². The maximum absolute atomic E-state index is 3.36. The standard InChI is InChI=1S/C11H16IN3/c12-14-9-10-1-3-11(4-2-10)15-7-5-13-6-8-15/h1-4,13-14H,5-9H2. The zero-order chi connectivity index (χ0) is 10.5. The molecule has 3 nitrogen and oxygen atoms in total. The molecule has 0 unspecified atom stereocenters. The van der Waals surface area contributed by atoms with Crippen LogP contribution in [0.15, 0.2) is 24.3 Å². The van der Waals surface area contributed by atoms with E-state index < -0.39 is 0 Å². The van der Waals surface area contributed by atoms with Crippen LogP contribution in [0.3, 0.4) is 0 Å². The summed E-state index contributed by atoms with van der Waals surface area (Å²) in [7, 11) is 0. The van der Waals surface area contributed by atoms with Gasteiger partial charge in [-0.25, -0.2) is 0 Å². The van der Waals surface area contributed by atoms with Gasteiger partial charge < -0.3 is 10.2 Å². The molecule has 0 atom stereocenters. The Labute approximate surface area is 105 Å². The summed E-state index contributed by atoms with van der Waals surface area (Å²) in [6.07, 6.45) is 0. The van der Waals surface area contributed by atoms with Crippen LogP contribution >= 0.6 is 22.9 Å². The first-order valence-corrected chi connectivity index (χ1v) is 6.36. The summed E-state index contributed by atoms with van der Waals surface area (Å²) < 4.78 is 3.13. The molecule has 2 rings (SSSR count). The summed E-state index contributed by atoms with van der Waals surface area (Å²) >= 11 is 2.17. The van der Waals surface area contributed by atoms with Crippen molar-refractivity contribution in [2.75, 3.05) is 31.1 Å². The molecule has 1 aliphatic rings. The lowest BCUT2D eigenvalue weighted by molar-refractivity contribution is 0.589. The minimum atomic E-state index is 0.933. The van der Waals surface area contributed by atoms with E-state index in [1.165, 1.54) is 11.3 Å². The number of hydrogen-bond acceptors (Lipinski definition) is 3. The van der Waals surface area contributed by atoms with Gasteiger partial charge in [0, 0.05) is 61.3 Å². The lowest BCUT2D eigenvalue weighted by Gasteiger charge is -2.29. The van der Waals surface area contributed by atoms with E-state index >= 15 is 0 Å². The molecule has 1 heterocycles. The van der Waals surface area contributed by atoms with Gasteiger partial charge in [-0.15, -0.1) is 0 Å². The summed E-state index contributed by atoms with van der Waals surface area (Å²) in [6.45, 7) is 5.35. The summed E-state index contributed by atoms with van der Waals surface area (Å²) in [5.74, 6) is 0. The zero-order valence-electron chi connectivity index (χ0n) is 8.67. The average molecular weight is 317 g/mol. The number of anilines is 1. The molecule has 0 aromatic heterocycles. The Balaban J connectivity index is 2.02. The SMILES string of the molecule is INCc1ccc(N2CCNCC2)cc1. The fraction of sp³-hybridized carbons (Fsp3) is 0.455. The van der Waals surface area contributed by atoms with Gasteiger partial charge in [-0.3, -0.25) is 3.53 Å². The summed E-state index contributed by atoms with van der Waals surface area (Å²) in [4.78, 5) is 2.43. The first-order valence-electron chi connectivity index (χ1n) is 5.28. The molecule has 82 valence electrons. The summed E-state index contributed by atoms with van der Waals surface area (Å²) in [5.41, 5.74) is 2.68. The predicted molar refractivity (Wildman–Crippen MR) is 72.4 cm³/mol. The smallest absolute Gasteiger partial charge is 0.0367 e. The Bertz CT molecular complexity index is 293. The van der Waals surface area contributed by atoms with Crippen molar-refractivity contribution in [3.63, 3.8) is 0 Å². The number of piperazine rings is 1. The number of rotatable bonds is 3. The molecule has 0 radical (unpaired) electrons. The molecule has 0 amide bonds. The van der Waals surface area contributed by atoms with Crippen LogP contribution in [0.25, 0.3) is 0 Å². The third-order valence-electron chi connectivity index (χ3n) is 2.69. The minimum absolute atomic E-state index is 0.933. The normalized spacial score (nSPS) is 16.7. The first kappa shape index (κ1) is 11.2. The lowest BCUT2D eigenvalue weighted by Crippen LogP contribution is -2.43. The second kappa shape index (κ2) is 5.67. The van der Waals surface area contributed by atoms with Gasteiger partial charge in [0.05, 0.1) is 0 Å². The van der Waals surface area contributed by atoms with Crippen molar-refractivity contribution in [3.8, 4) is 0 Å². The highest BCUT2D eigenvalue weighted by molar-refractivity contribution is 14.1. The molecule has 0 spiro atoms. The molecular formula is C11H16IN3. The Morgan fingerprint density at radius 2 is 1.87 bits per heavy atom. The van der Waals surface area contributed by atoms with Crippen LogP contribution < -0.4 is 13.7 Å². The number of nitrogens with zero attached hydrogens (tertiary/aromatic N) is 1. The van der Waals surface area contributed by atoms with E-state index in [1.807, 2.05) is 0 Å². The highest BCUT2D eigenvalue weighted by atomic mass is 127. The van der Waals surface area contributed by atoms with E-state index in [9.17, 15) is 0 Å². The Kier molecular flexibility index (Phi) is 4.22. The van der Waals surface area contributed by atoms with E-state index in [1.54, 1.807) is 0 Å². The van der Waals surface area contributed by atoms with Gasteiger partial charge in [-0.05, 0) is 17.7 Å². The van der Waals surface area contributed by atoms with Crippen LogP contribution in [0, 0.1) is 0 Å². The minimum Gasteiger partial charge on any atom is -0.369 e. The van der Waals surface area contributed by atoms with Gasteiger partial charge in [-0.1, -0.05) is 12.1 Å². The largest absolute Gasteiger partial charge is 0.369 e. The number of benzene rings is 1. The molecule has 15 heavy (non-hydrogen) atoms. The van der Waals surface area contributed by atoms with Gasteiger partial charge in [-0.2, -0.15) is 0 Å². The zero-order valence-corrected chi connectivity index (χ0v) is 10.8. The maximum atomic E-state index is 3.36. The van der Waals surface area contributed by atoms with E-state index in [0.717, 1.165) is 32.7 Å². The number of nitrogens with one attached hydrogen (secondary N) is 2. The maximum Gasteiger partial charge on any atom is 0.0367 e. The fourth-order valence-corrected chi connectivity index (χ4v) is 2.27. The van der Waals surface area contributed by atoms with Crippen LogP contribution in [0.5, 0.6) is 0 Å². The predicted octanol–water partition coefficient (Wildman–Crippen LogP) is 1.54. The van der Waals surface area contributed by atoms with Gasteiger partial charge in [0.1, 0.15) is 0 Å². The number of halogens is 1. The van der Waals surface area contributed by atoms with Crippen molar-refractivity contribution >= 4 is 28.6 Å². The Morgan fingerprint density at radius 3 is 2.47 bits per heavy atom. The molecule has 1 aromatic carbocycles. The summed E-state index contributed by atoms with van der Waals surface area (Å²) in [5, 5.41) is 3.36. The van der Waals surface area contributed by atoms with Crippen LogP contribution in [0.4, 0.5) is 5.69 Å². The third-order valence-corrected chi connectivity index (χ3v) is 3.07. The molecule has 0 saturated carbocycles. The molecule has 1 aliphatic heterocycles. The number of hydrogen-bond donors (Lipinski definition) is 2. The Morgan fingerprint density at radius 1 is 1.20 bits per heavy atom. The van der Waals surface area contributed by atoms with E-state index in [-0.39, 0.29) is 0 Å². The monoisotopic (exact) mass is 317 g/mol. The van der Waals surface area contributed by atoms with E-state index in [4.69, 9.17) is 0 Å². The lowest BCUT2D eigenvalue weighted by atomic mass is 10.2. The van der Waals surface area contributed by atoms with Gasteiger partial charge in [0.25, 0.3) is 0 Å². The highest BCUT2D eigenvalue weighted by Gasteiger charge is 2.09. The molecule has 0 bridgehead atoms. The highest BCUT2D eigenvalue weighted by Crippen LogP contribution is 2.15. The van der Waals surface area contributed by atoms with Gasteiger partial charge >= 0.3 is 0 Å². The van der Waals surface area contributed by atoms with Crippen molar-refractivity contribution in [1.29, 1.82) is 0 Å². The quantitative estimate of drug-likeness (QED) is 0.654. The van der Waals surface area contributed by atoms with Gasteiger partial charge in [0.15, 0.2) is 0 Å². The molecular weight excluding hydrogens is 301 g/mol. The summed E-state index contributed by atoms with van der Waals surface area (Å²) in [6, 6.07) is 8.83. The molecule has 1 fully saturated rings. The van der Waals surface area contributed by atoms with Crippen LogP contribution in [-0.2, 0) is 6.54 Å². The van der Waals surface area contributed by atoms with Crippen LogP contribution in [0.1, 0.15) is 5.56 Å². The first-order chi connectivity index (χ1) is 7.40. The van der Waals surface area contributed by atoms with Crippen molar-refractivity contribution in [3.05, 3.63) is 29.8 Å². The molecule has 0 aliphatic carbocycles. The Hall–Kier alpha value is -0.330. The molecule has 4 heteroatoms. The second-order valence-electron chi connectivity index (χ2n) is 3.71. The van der Waals surface area contributed by atoms with Crippen LogP contribution in [0.2, 0.25) is 0 Å². The van der Waals surface area contributed by atoms with Crippen LogP contribution in [-0.4, -0.2) is 26.2 Å². The molecule has 1 aromatic rings. The fourth-order valence-electron chi connectivity index (χ4n) is 1.82. The molecule has 2 N–H and O–H groups in total. The van der Waals surface area contributed by atoms with Crippen molar-refractivity contribution in [1.82, 2.24) is 8.85 Å². The third kappa shape index (κ3) is 3.06. The second-order valence-corrected chi connectivity index (χ2v) is 4.48. The van der Waals surface area contributed by atoms with Crippen molar-refractivity contribution < 1.29 is 0 Å². The topological polar surface area (TPSA) is 27.3 Å². The van der Waals surface area contributed by atoms with E-state index in [0.29, 0.717) is 0 Å². The van der Waals surface area contributed by atoms with Gasteiger partial charge in [0.2, 0.25) is 0 Å².